The van der Waals surface area contributed by atoms with Crippen molar-refractivity contribution in [3.8, 4) is 0 Å². The maximum Gasteiger partial charge on any atom is 0.428 e. The molecule has 0 radical (unpaired) electrons. The van der Waals surface area contributed by atoms with E-state index in [1.165, 1.54) is 0 Å². The minimum Gasteiger partial charge on any atom is -0.209 e. The smallest absolute Gasteiger partial charge is 0.209 e. The third kappa shape index (κ3) is 4.71. The van der Waals surface area contributed by atoms with Gasteiger partial charge in [0.05, 0.1) is 7.11 Å². The first-order chi connectivity index (χ1) is 11.4. The van der Waals surface area contributed by atoms with E-state index in [1.807, 2.05) is 0 Å². The predicted octanol–water partition coefficient (Wildman–Crippen LogP) is 3.56. The van der Waals surface area contributed by atoms with E-state index in [1.54, 1.807) is 0 Å². The van der Waals surface area contributed by atoms with Crippen molar-refractivity contribution in [3.63, 3.8) is 0 Å². The molecule has 0 aromatic rings. The number of hydrogen-bond donors (Lipinski definition) is 0. The highest BCUT2D eigenvalue weighted by molar-refractivity contribution is 7.95. The molecule has 0 aromatic carbocycles. The summed E-state index contributed by atoms with van der Waals surface area (Å²) in [6.45, 7) is -0.897. The highest BCUT2D eigenvalue weighted by Crippen LogP contribution is 2.54. The summed E-state index contributed by atoms with van der Waals surface area (Å²) < 4.78 is 110. The molecule has 14 heteroatoms. The summed E-state index contributed by atoms with van der Waals surface area (Å²) in [5.41, 5.74) is 0. The van der Waals surface area contributed by atoms with Gasteiger partial charge >= 0.3 is 16.4 Å². The number of alkyl halides is 6. The molecule has 150 valence electrons. The molecule has 1 fully saturated rings. The summed E-state index contributed by atoms with van der Waals surface area (Å²) in [4.78, 5) is 3.69. The van der Waals surface area contributed by atoms with Crippen molar-refractivity contribution in [2.75, 3.05) is 20.2 Å². The lowest BCUT2D eigenvalue weighted by molar-refractivity contribution is -0.449. The third-order valence-corrected chi connectivity index (χ3v) is 5.98. The van der Waals surface area contributed by atoms with E-state index in [9.17, 15) is 34.8 Å². The maximum absolute atomic E-state index is 14.0. The van der Waals surface area contributed by atoms with Crippen LogP contribution in [0.4, 0.5) is 26.3 Å². The van der Waals surface area contributed by atoms with Gasteiger partial charge in [0, 0.05) is 13.1 Å². The lowest BCUT2D eigenvalue weighted by Crippen LogP contribution is -2.60. The van der Waals surface area contributed by atoms with Gasteiger partial charge in [-0.2, -0.15) is 30.6 Å². The molecule has 0 bridgehead atoms. The molecular weight excluding hydrogens is 404 g/mol. The molecule has 0 spiro atoms. The fraction of sp³-hybridized carbons (Fsp3) is 1.00. The van der Waals surface area contributed by atoms with Gasteiger partial charge in [-0.15, -0.1) is 4.33 Å². The van der Waals surface area contributed by atoms with E-state index in [2.05, 4.69) is 14.3 Å². The molecule has 0 aliphatic carbocycles. The molecule has 0 N–H and O–H groups in total. The molecule has 0 saturated carbocycles. The Morgan fingerprint density at radius 3 is 1.88 bits per heavy atom. The Balaban J connectivity index is 3.08. The Labute approximate surface area is 144 Å². The molecule has 6 nitrogen and oxygen atoms in total. The fourth-order valence-electron chi connectivity index (χ4n) is 2.09. The first-order valence-electron chi connectivity index (χ1n) is 7.10. The standard InChI is InChI=1S/C11H17F6NO5S2/c1-21-22-23-24-10(14,15)9(12,13)11(16,17)25(19,20)18-7-5-3-2-4-6-8-18/h2-8H2,1H3. The van der Waals surface area contributed by atoms with Crippen molar-refractivity contribution < 1.29 is 49.0 Å². The lowest BCUT2D eigenvalue weighted by atomic mass is 10.1. The van der Waals surface area contributed by atoms with E-state index >= 15 is 0 Å². The monoisotopic (exact) mass is 421 g/mol. The molecule has 0 aromatic heterocycles. The lowest BCUT2D eigenvalue weighted by Gasteiger charge is -2.34. The minimum absolute atomic E-state index is 0.132. The van der Waals surface area contributed by atoms with Crippen LogP contribution in [0.3, 0.4) is 0 Å². The summed E-state index contributed by atoms with van der Waals surface area (Å²) in [5, 5.41) is -8.23. The van der Waals surface area contributed by atoms with Gasteiger partial charge in [0.15, 0.2) is 0 Å². The molecule has 1 aliphatic heterocycles. The van der Waals surface area contributed by atoms with Gasteiger partial charge in [-0.05, 0) is 12.8 Å². The average molecular weight is 421 g/mol. The van der Waals surface area contributed by atoms with E-state index in [0.717, 1.165) is 13.5 Å². The van der Waals surface area contributed by atoms with Crippen molar-refractivity contribution in [2.24, 2.45) is 0 Å². The third-order valence-electron chi connectivity index (χ3n) is 3.44. The molecule has 25 heavy (non-hydrogen) atoms. The molecule has 1 aliphatic rings. The molecule has 0 unspecified atom stereocenters. The van der Waals surface area contributed by atoms with Crippen LogP contribution in [0.25, 0.3) is 0 Å². The first kappa shape index (κ1) is 22.8. The van der Waals surface area contributed by atoms with E-state index < -0.39 is 51.6 Å². The SMILES string of the molecule is COOOSC(F)(F)C(F)(F)C(F)(F)S(=O)(=O)N1CCCCCCC1. The molecule has 0 amide bonds. The summed E-state index contributed by atoms with van der Waals surface area (Å²) >= 11 is -1.49. The second-order valence-corrected chi connectivity index (χ2v) is 7.96. The van der Waals surface area contributed by atoms with Gasteiger partial charge < -0.3 is 0 Å². The predicted molar refractivity (Wildman–Crippen MR) is 75.2 cm³/mol. The number of halogens is 6. The van der Waals surface area contributed by atoms with Crippen LogP contribution in [0.5, 0.6) is 0 Å². The van der Waals surface area contributed by atoms with Crippen LogP contribution in [-0.2, 0) is 24.3 Å². The second-order valence-electron chi connectivity index (χ2n) is 5.17. The molecule has 1 heterocycles. The van der Waals surface area contributed by atoms with Crippen molar-refractivity contribution >= 4 is 22.1 Å². The zero-order chi connectivity index (χ0) is 19.4. The van der Waals surface area contributed by atoms with Crippen molar-refractivity contribution in [1.29, 1.82) is 0 Å². The first-order valence-corrected chi connectivity index (χ1v) is 9.28. The van der Waals surface area contributed by atoms with Gasteiger partial charge in [-0.3, -0.25) is 0 Å². The quantitative estimate of drug-likeness (QED) is 0.196. The number of rotatable bonds is 8. The number of nitrogens with zero attached hydrogens (tertiary/aromatic N) is 1. The average Bonchev–Trinajstić information content (AvgIpc) is 2.46. The zero-order valence-corrected chi connectivity index (χ0v) is 14.7. The largest absolute Gasteiger partial charge is 0.428 e. The number of hydrogen-bond acceptors (Lipinski definition) is 6. The van der Waals surface area contributed by atoms with Crippen LogP contribution >= 0.6 is 12.0 Å². The Morgan fingerprint density at radius 1 is 0.920 bits per heavy atom. The van der Waals surface area contributed by atoms with Crippen molar-refractivity contribution in [2.45, 2.75) is 48.5 Å². The fourth-order valence-corrected chi connectivity index (χ4v) is 4.07. The van der Waals surface area contributed by atoms with Crippen molar-refractivity contribution in [3.05, 3.63) is 0 Å². The molecule has 0 atom stereocenters. The van der Waals surface area contributed by atoms with Gasteiger partial charge in [0.1, 0.15) is 12.0 Å². The summed E-state index contributed by atoms with van der Waals surface area (Å²) in [6.07, 6.45) is 2.10. The van der Waals surface area contributed by atoms with E-state index in [0.29, 0.717) is 12.8 Å². The summed E-state index contributed by atoms with van der Waals surface area (Å²) in [7, 11) is -5.27. The molecular formula is C11H17F6NO5S2. The van der Waals surface area contributed by atoms with Crippen LogP contribution in [0, 0.1) is 0 Å². The van der Waals surface area contributed by atoms with Gasteiger partial charge in [0.25, 0.3) is 10.0 Å². The van der Waals surface area contributed by atoms with Gasteiger partial charge in [-0.25, -0.2) is 13.3 Å². The van der Waals surface area contributed by atoms with E-state index in [-0.39, 0.29) is 17.1 Å². The Hall–Kier alpha value is -0.280. The van der Waals surface area contributed by atoms with Crippen LogP contribution in [0.15, 0.2) is 0 Å². The normalized spacial score (nSPS) is 19.5. The summed E-state index contributed by atoms with van der Waals surface area (Å²) in [5.74, 6) is -6.27. The molecule has 1 saturated heterocycles. The minimum atomic E-state index is -6.27. The van der Waals surface area contributed by atoms with Crippen LogP contribution in [0.1, 0.15) is 32.1 Å². The highest BCUT2D eigenvalue weighted by atomic mass is 32.2. The number of sulfonamides is 1. The van der Waals surface area contributed by atoms with Crippen molar-refractivity contribution in [1.82, 2.24) is 4.31 Å². The Kier molecular flexibility index (Phi) is 7.83. The van der Waals surface area contributed by atoms with Crippen LogP contribution in [0.2, 0.25) is 0 Å². The Morgan fingerprint density at radius 2 is 1.40 bits per heavy atom. The van der Waals surface area contributed by atoms with Gasteiger partial charge in [-0.1, -0.05) is 24.3 Å². The van der Waals surface area contributed by atoms with Crippen LogP contribution < -0.4 is 0 Å². The Bertz CT molecular complexity index is 525. The maximum atomic E-state index is 14.0. The topological polar surface area (TPSA) is 65.1 Å². The van der Waals surface area contributed by atoms with E-state index in [4.69, 9.17) is 0 Å². The summed E-state index contributed by atoms with van der Waals surface area (Å²) in [6, 6.07) is 0. The van der Waals surface area contributed by atoms with Crippen LogP contribution in [-0.4, -0.2) is 49.4 Å². The highest BCUT2D eigenvalue weighted by Gasteiger charge is 2.79. The zero-order valence-electron chi connectivity index (χ0n) is 13.0. The molecule has 1 rings (SSSR count). The van der Waals surface area contributed by atoms with Gasteiger partial charge in [0.2, 0.25) is 0 Å². The second kappa shape index (κ2) is 8.61.